The number of benzene rings is 2. The highest BCUT2D eigenvalue weighted by molar-refractivity contribution is 5.82. The van der Waals surface area contributed by atoms with Crippen molar-refractivity contribution in [2.75, 3.05) is 5.73 Å². The maximum Gasteiger partial charge on any atom is 0.219 e. The van der Waals surface area contributed by atoms with Crippen LogP contribution in [0.25, 0.3) is 10.9 Å². The van der Waals surface area contributed by atoms with Crippen LogP contribution in [0.15, 0.2) is 48.5 Å². The van der Waals surface area contributed by atoms with Gasteiger partial charge in [0.25, 0.3) is 0 Å². The first-order chi connectivity index (χ1) is 9.63. The summed E-state index contributed by atoms with van der Waals surface area (Å²) >= 11 is 0. The maximum absolute atomic E-state index is 13.5. The number of aromatic nitrogens is 1. The fraction of sp³-hybridized carbons (Fsp3) is 0. The normalized spacial score (nSPS) is 10.7. The molecule has 0 spiro atoms. The van der Waals surface area contributed by atoms with Gasteiger partial charge < -0.3 is 10.5 Å². The van der Waals surface area contributed by atoms with E-state index < -0.39 is 11.6 Å². The third kappa shape index (κ3) is 2.25. The summed E-state index contributed by atoms with van der Waals surface area (Å²) in [6, 6.07) is 12.3. The molecule has 1 heterocycles. The van der Waals surface area contributed by atoms with Crippen LogP contribution in [0, 0.1) is 11.6 Å². The topological polar surface area (TPSA) is 48.1 Å². The summed E-state index contributed by atoms with van der Waals surface area (Å²) in [4.78, 5) is 4.22. The average Bonchev–Trinajstić information content (AvgIpc) is 2.44. The Hall–Kier alpha value is -2.69. The molecule has 0 amide bonds. The van der Waals surface area contributed by atoms with E-state index in [-0.39, 0.29) is 11.6 Å². The second-order valence-corrected chi connectivity index (χ2v) is 4.26. The minimum atomic E-state index is -1.04. The van der Waals surface area contributed by atoms with Gasteiger partial charge in [-0.25, -0.2) is 9.37 Å². The van der Waals surface area contributed by atoms with Gasteiger partial charge in [0.1, 0.15) is 0 Å². The van der Waals surface area contributed by atoms with E-state index in [0.717, 1.165) is 11.5 Å². The zero-order chi connectivity index (χ0) is 14.1. The lowest BCUT2D eigenvalue weighted by Gasteiger charge is -2.07. The lowest BCUT2D eigenvalue weighted by atomic mass is 10.2. The average molecular weight is 272 g/mol. The number of rotatable bonds is 2. The molecule has 20 heavy (non-hydrogen) atoms. The summed E-state index contributed by atoms with van der Waals surface area (Å²) in [5.74, 6) is -2.01. The van der Waals surface area contributed by atoms with Gasteiger partial charge in [0.05, 0.1) is 5.52 Å². The highest BCUT2D eigenvalue weighted by Gasteiger charge is 2.10. The van der Waals surface area contributed by atoms with Crippen LogP contribution in [-0.4, -0.2) is 4.98 Å². The second kappa shape index (κ2) is 4.77. The lowest BCUT2D eigenvalue weighted by Crippen LogP contribution is -1.94. The monoisotopic (exact) mass is 272 g/mol. The van der Waals surface area contributed by atoms with Gasteiger partial charge in [-0.2, -0.15) is 4.39 Å². The van der Waals surface area contributed by atoms with E-state index in [1.165, 1.54) is 12.1 Å². The first kappa shape index (κ1) is 12.3. The number of fused-ring (bicyclic) bond motifs is 1. The Balaban J connectivity index is 1.99. The quantitative estimate of drug-likeness (QED) is 0.720. The molecular weight excluding hydrogens is 262 g/mol. The Bertz CT molecular complexity index is 790. The first-order valence-electron chi connectivity index (χ1n) is 5.91. The van der Waals surface area contributed by atoms with Crippen LogP contribution >= 0.6 is 0 Å². The molecule has 3 nitrogen and oxygen atoms in total. The van der Waals surface area contributed by atoms with E-state index in [9.17, 15) is 8.78 Å². The zero-order valence-electron chi connectivity index (χ0n) is 10.3. The van der Waals surface area contributed by atoms with Crippen LogP contribution in [-0.2, 0) is 0 Å². The highest BCUT2D eigenvalue weighted by Crippen LogP contribution is 2.26. The molecule has 0 fully saturated rings. The standard InChI is InChI=1S/C15H10F2N2O/c16-11-2-1-3-13(15(11)17)20-14-7-4-9-8-10(18)5-6-12(9)19-14/h1-8H,18H2. The Labute approximate surface area is 113 Å². The molecule has 0 bridgehead atoms. The van der Waals surface area contributed by atoms with Crippen molar-refractivity contribution in [3.8, 4) is 11.6 Å². The molecular formula is C15H10F2N2O. The van der Waals surface area contributed by atoms with Gasteiger partial charge in [-0.3, -0.25) is 0 Å². The van der Waals surface area contributed by atoms with Crippen LogP contribution < -0.4 is 10.5 Å². The van der Waals surface area contributed by atoms with E-state index in [1.807, 2.05) is 0 Å². The molecule has 0 radical (unpaired) electrons. The maximum atomic E-state index is 13.5. The molecule has 0 aliphatic heterocycles. The van der Waals surface area contributed by atoms with Crippen LogP contribution in [0.4, 0.5) is 14.5 Å². The van der Waals surface area contributed by atoms with Gasteiger partial charge in [-0.15, -0.1) is 0 Å². The summed E-state index contributed by atoms with van der Waals surface area (Å²) in [5.41, 5.74) is 6.96. The fourth-order valence-electron chi connectivity index (χ4n) is 1.86. The van der Waals surface area contributed by atoms with Crippen LogP contribution in [0.1, 0.15) is 0 Å². The van der Waals surface area contributed by atoms with Gasteiger partial charge in [0.2, 0.25) is 11.7 Å². The Morgan fingerprint density at radius 1 is 1.00 bits per heavy atom. The van der Waals surface area contributed by atoms with Gasteiger partial charge in [0, 0.05) is 17.1 Å². The molecule has 3 rings (SSSR count). The van der Waals surface area contributed by atoms with Crippen LogP contribution in [0.2, 0.25) is 0 Å². The van der Waals surface area contributed by atoms with Crippen molar-refractivity contribution in [3.05, 3.63) is 60.2 Å². The van der Waals surface area contributed by atoms with Crippen molar-refractivity contribution in [2.45, 2.75) is 0 Å². The van der Waals surface area contributed by atoms with Crippen molar-refractivity contribution in [1.82, 2.24) is 4.98 Å². The summed E-state index contributed by atoms with van der Waals surface area (Å²) in [6.45, 7) is 0. The number of halogens is 2. The lowest BCUT2D eigenvalue weighted by molar-refractivity contribution is 0.406. The van der Waals surface area contributed by atoms with E-state index in [4.69, 9.17) is 10.5 Å². The van der Waals surface area contributed by atoms with Crippen molar-refractivity contribution in [3.63, 3.8) is 0 Å². The van der Waals surface area contributed by atoms with E-state index in [0.29, 0.717) is 11.2 Å². The molecule has 0 atom stereocenters. The molecule has 0 aliphatic carbocycles. The number of anilines is 1. The number of nitrogens with two attached hydrogens (primary N) is 1. The summed E-state index contributed by atoms with van der Waals surface area (Å²) in [7, 11) is 0. The minimum absolute atomic E-state index is 0.187. The van der Waals surface area contributed by atoms with Gasteiger partial charge in [0.15, 0.2) is 11.6 Å². The summed E-state index contributed by atoms with van der Waals surface area (Å²) < 4.78 is 31.9. The van der Waals surface area contributed by atoms with Gasteiger partial charge in [-0.1, -0.05) is 6.07 Å². The number of nitrogens with zero attached hydrogens (tertiary/aromatic N) is 1. The molecule has 5 heteroatoms. The molecule has 2 N–H and O–H groups in total. The number of pyridine rings is 1. The molecule has 2 aromatic carbocycles. The minimum Gasteiger partial charge on any atom is -0.436 e. The number of hydrogen-bond acceptors (Lipinski definition) is 3. The van der Waals surface area contributed by atoms with Crippen molar-refractivity contribution in [2.24, 2.45) is 0 Å². The van der Waals surface area contributed by atoms with Crippen LogP contribution in [0.3, 0.4) is 0 Å². The predicted octanol–water partition coefficient (Wildman–Crippen LogP) is 3.89. The second-order valence-electron chi connectivity index (χ2n) is 4.26. The molecule has 1 aromatic heterocycles. The Morgan fingerprint density at radius 3 is 2.70 bits per heavy atom. The molecule has 0 saturated carbocycles. The van der Waals surface area contributed by atoms with E-state index in [1.54, 1.807) is 30.3 Å². The van der Waals surface area contributed by atoms with Crippen LogP contribution in [0.5, 0.6) is 11.6 Å². The number of hydrogen-bond donors (Lipinski definition) is 1. The fourth-order valence-corrected chi connectivity index (χ4v) is 1.86. The molecule has 0 saturated heterocycles. The van der Waals surface area contributed by atoms with Crippen molar-refractivity contribution in [1.29, 1.82) is 0 Å². The highest BCUT2D eigenvalue weighted by atomic mass is 19.2. The number of nitrogen functional groups attached to an aromatic ring is 1. The largest absolute Gasteiger partial charge is 0.436 e. The summed E-state index contributed by atoms with van der Waals surface area (Å²) in [5, 5.41) is 0.845. The zero-order valence-corrected chi connectivity index (χ0v) is 10.3. The van der Waals surface area contributed by atoms with Gasteiger partial charge >= 0.3 is 0 Å². The molecule has 0 unspecified atom stereocenters. The van der Waals surface area contributed by atoms with E-state index >= 15 is 0 Å². The predicted molar refractivity (Wildman–Crippen MR) is 72.6 cm³/mol. The third-order valence-electron chi connectivity index (χ3n) is 2.82. The van der Waals surface area contributed by atoms with Crippen molar-refractivity contribution < 1.29 is 13.5 Å². The smallest absolute Gasteiger partial charge is 0.219 e. The van der Waals surface area contributed by atoms with Gasteiger partial charge in [-0.05, 0) is 36.4 Å². The summed E-state index contributed by atoms with van der Waals surface area (Å²) in [6.07, 6.45) is 0. The number of ether oxygens (including phenoxy) is 1. The Kier molecular flexibility index (Phi) is 2.95. The molecule has 3 aromatic rings. The Morgan fingerprint density at radius 2 is 1.85 bits per heavy atom. The van der Waals surface area contributed by atoms with Crippen molar-refractivity contribution >= 4 is 16.6 Å². The van der Waals surface area contributed by atoms with E-state index in [2.05, 4.69) is 4.98 Å². The SMILES string of the molecule is Nc1ccc2nc(Oc3cccc(F)c3F)ccc2c1. The molecule has 0 aliphatic rings. The third-order valence-corrected chi connectivity index (χ3v) is 2.82. The molecule has 100 valence electrons. The first-order valence-corrected chi connectivity index (χ1v) is 5.91.